The van der Waals surface area contributed by atoms with Crippen LogP contribution in [-0.2, 0) is 0 Å². The lowest BCUT2D eigenvalue weighted by atomic mass is 10.2. The van der Waals surface area contributed by atoms with Crippen LogP contribution in [0.25, 0.3) is 0 Å². The quantitative estimate of drug-likeness (QED) is 0.533. The van der Waals surface area contributed by atoms with Gasteiger partial charge in [-0.1, -0.05) is 48.5 Å². The summed E-state index contributed by atoms with van der Waals surface area (Å²) < 4.78 is 5.89. The highest BCUT2D eigenvalue weighted by molar-refractivity contribution is 5.84. The predicted molar refractivity (Wildman–Crippen MR) is 90.6 cm³/mol. The molecule has 3 rings (SSSR count). The van der Waals surface area contributed by atoms with Crippen molar-refractivity contribution in [3.05, 3.63) is 90.5 Å². The molecule has 0 amide bonds. The van der Waals surface area contributed by atoms with Gasteiger partial charge in [0, 0.05) is 5.56 Å². The van der Waals surface area contributed by atoms with Crippen LogP contribution in [0, 0.1) is 0 Å². The van der Waals surface area contributed by atoms with Crippen molar-refractivity contribution < 1.29 is 4.74 Å². The first kappa shape index (κ1) is 13.9. The molecule has 0 bridgehead atoms. The molecule has 0 unspecified atom stereocenters. The van der Waals surface area contributed by atoms with Gasteiger partial charge in [0.1, 0.15) is 11.5 Å². The molecule has 108 valence electrons. The molecule has 0 atom stereocenters. The van der Waals surface area contributed by atoms with Crippen LogP contribution in [0.15, 0.2) is 90.0 Å². The fourth-order valence-electron chi connectivity index (χ4n) is 1.98. The maximum Gasteiger partial charge on any atom is 0.136 e. The Hall–Kier alpha value is -3.07. The van der Waals surface area contributed by atoms with E-state index in [2.05, 4.69) is 10.5 Å². The molecule has 3 aromatic carbocycles. The summed E-state index contributed by atoms with van der Waals surface area (Å²) in [4.78, 5) is 0. The lowest BCUT2D eigenvalue weighted by Gasteiger charge is -2.08. The highest BCUT2D eigenvalue weighted by Crippen LogP contribution is 2.23. The Kier molecular flexibility index (Phi) is 4.47. The standard InChI is InChI=1S/C19H16N2O/c1-3-10-17(11-4-1)21-20-15-16-9-7-8-14-19(16)22-18-12-5-2-6-13-18/h1-15,21H. The van der Waals surface area contributed by atoms with Gasteiger partial charge in [-0.15, -0.1) is 0 Å². The van der Waals surface area contributed by atoms with Crippen LogP contribution in [0.5, 0.6) is 11.5 Å². The van der Waals surface area contributed by atoms with Crippen molar-refractivity contribution in [3.8, 4) is 11.5 Å². The molecule has 3 nitrogen and oxygen atoms in total. The predicted octanol–water partition coefficient (Wildman–Crippen LogP) is 4.92. The van der Waals surface area contributed by atoms with Gasteiger partial charge in [0.15, 0.2) is 0 Å². The van der Waals surface area contributed by atoms with Crippen LogP contribution in [-0.4, -0.2) is 6.21 Å². The van der Waals surface area contributed by atoms with Gasteiger partial charge in [0.05, 0.1) is 11.9 Å². The van der Waals surface area contributed by atoms with E-state index in [-0.39, 0.29) is 0 Å². The number of hydrazone groups is 1. The maximum atomic E-state index is 5.89. The second-order valence-corrected chi connectivity index (χ2v) is 4.69. The average molecular weight is 288 g/mol. The number of nitrogens with one attached hydrogen (secondary N) is 1. The third kappa shape index (κ3) is 3.73. The second kappa shape index (κ2) is 7.09. The molecule has 0 radical (unpaired) electrons. The van der Waals surface area contributed by atoms with E-state index in [4.69, 9.17) is 4.74 Å². The van der Waals surface area contributed by atoms with Gasteiger partial charge in [0.2, 0.25) is 0 Å². The van der Waals surface area contributed by atoms with Gasteiger partial charge in [-0.3, -0.25) is 5.43 Å². The number of ether oxygens (including phenoxy) is 1. The van der Waals surface area contributed by atoms with Gasteiger partial charge in [-0.05, 0) is 36.4 Å². The van der Waals surface area contributed by atoms with Gasteiger partial charge in [0.25, 0.3) is 0 Å². The SMILES string of the molecule is C(=NNc1ccccc1)c1ccccc1Oc1ccccc1. The highest BCUT2D eigenvalue weighted by Gasteiger charge is 2.01. The average Bonchev–Trinajstić information content (AvgIpc) is 2.58. The molecule has 0 aliphatic carbocycles. The lowest BCUT2D eigenvalue weighted by Crippen LogP contribution is -1.93. The minimum Gasteiger partial charge on any atom is -0.457 e. The molecular weight excluding hydrogens is 272 g/mol. The summed E-state index contributed by atoms with van der Waals surface area (Å²) in [5.74, 6) is 1.58. The van der Waals surface area contributed by atoms with E-state index in [1.54, 1.807) is 6.21 Å². The van der Waals surface area contributed by atoms with Gasteiger partial charge >= 0.3 is 0 Å². The molecule has 3 heteroatoms. The first-order chi connectivity index (χ1) is 10.9. The third-order valence-corrected chi connectivity index (χ3v) is 3.06. The summed E-state index contributed by atoms with van der Waals surface area (Å²) in [7, 11) is 0. The molecule has 0 fully saturated rings. The topological polar surface area (TPSA) is 33.6 Å². The fourth-order valence-corrected chi connectivity index (χ4v) is 1.98. The van der Waals surface area contributed by atoms with Crippen molar-refractivity contribution in [2.45, 2.75) is 0 Å². The van der Waals surface area contributed by atoms with E-state index >= 15 is 0 Å². The van der Waals surface area contributed by atoms with E-state index in [0.29, 0.717) is 0 Å². The van der Waals surface area contributed by atoms with Gasteiger partial charge in [-0.25, -0.2) is 0 Å². The molecule has 0 aliphatic heterocycles. The van der Waals surface area contributed by atoms with Crippen molar-refractivity contribution in [1.29, 1.82) is 0 Å². The van der Waals surface area contributed by atoms with Crippen LogP contribution in [0.3, 0.4) is 0 Å². The van der Waals surface area contributed by atoms with Crippen LogP contribution in [0.4, 0.5) is 5.69 Å². The molecule has 0 saturated carbocycles. The Bertz CT molecular complexity index is 740. The molecule has 0 saturated heterocycles. The van der Waals surface area contributed by atoms with E-state index in [1.165, 1.54) is 0 Å². The second-order valence-electron chi connectivity index (χ2n) is 4.69. The number of hydrogen-bond donors (Lipinski definition) is 1. The Morgan fingerprint density at radius 1 is 0.727 bits per heavy atom. The molecule has 0 spiro atoms. The zero-order chi connectivity index (χ0) is 15.0. The zero-order valence-electron chi connectivity index (χ0n) is 12.0. The van der Waals surface area contributed by atoms with Crippen LogP contribution >= 0.6 is 0 Å². The smallest absolute Gasteiger partial charge is 0.136 e. The van der Waals surface area contributed by atoms with Crippen LogP contribution in [0.1, 0.15) is 5.56 Å². The molecule has 0 aromatic heterocycles. The number of para-hydroxylation sites is 3. The van der Waals surface area contributed by atoms with E-state index in [1.807, 2.05) is 84.9 Å². The molecule has 22 heavy (non-hydrogen) atoms. The summed E-state index contributed by atoms with van der Waals surface area (Å²) in [6.45, 7) is 0. The first-order valence-electron chi connectivity index (χ1n) is 7.08. The largest absolute Gasteiger partial charge is 0.457 e. The van der Waals surface area contributed by atoms with Crippen molar-refractivity contribution in [3.63, 3.8) is 0 Å². The summed E-state index contributed by atoms with van der Waals surface area (Å²) in [6.07, 6.45) is 1.76. The van der Waals surface area contributed by atoms with E-state index < -0.39 is 0 Å². The summed E-state index contributed by atoms with van der Waals surface area (Å²) in [6, 6.07) is 27.3. The Morgan fingerprint density at radius 2 is 1.36 bits per heavy atom. The monoisotopic (exact) mass is 288 g/mol. The minimum absolute atomic E-state index is 0.771. The summed E-state index contributed by atoms with van der Waals surface area (Å²) in [5, 5.41) is 4.26. The maximum absolute atomic E-state index is 5.89. The Balaban J connectivity index is 1.74. The summed E-state index contributed by atoms with van der Waals surface area (Å²) in [5.41, 5.74) is 4.85. The van der Waals surface area contributed by atoms with E-state index in [9.17, 15) is 0 Å². The third-order valence-electron chi connectivity index (χ3n) is 3.06. The van der Waals surface area contributed by atoms with Crippen LogP contribution in [0.2, 0.25) is 0 Å². The Morgan fingerprint density at radius 3 is 2.14 bits per heavy atom. The molecular formula is C19H16N2O. The van der Waals surface area contributed by atoms with Crippen LogP contribution < -0.4 is 10.2 Å². The number of nitrogens with zero attached hydrogens (tertiary/aromatic N) is 1. The Labute approximate surface area is 129 Å². The lowest BCUT2D eigenvalue weighted by molar-refractivity contribution is 0.482. The first-order valence-corrected chi connectivity index (χ1v) is 7.08. The van der Waals surface area contributed by atoms with Crippen molar-refractivity contribution in [2.75, 3.05) is 5.43 Å². The van der Waals surface area contributed by atoms with Crippen molar-refractivity contribution in [1.82, 2.24) is 0 Å². The van der Waals surface area contributed by atoms with Crippen molar-refractivity contribution >= 4 is 11.9 Å². The fraction of sp³-hybridized carbons (Fsp3) is 0. The summed E-state index contributed by atoms with van der Waals surface area (Å²) >= 11 is 0. The molecule has 3 aromatic rings. The minimum atomic E-state index is 0.771. The van der Waals surface area contributed by atoms with E-state index in [0.717, 1.165) is 22.7 Å². The normalized spacial score (nSPS) is 10.5. The highest BCUT2D eigenvalue weighted by atomic mass is 16.5. The molecule has 0 aliphatic rings. The molecule has 1 N–H and O–H groups in total. The number of benzene rings is 3. The zero-order valence-corrected chi connectivity index (χ0v) is 12.0. The number of rotatable bonds is 5. The number of hydrogen-bond acceptors (Lipinski definition) is 3. The van der Waals surface area contributed by atoms with Gasteiger partial charge in [-0.2, -0.15) is 5.10 Å². The van der Waals surface area contributed by atoms with Crippen molar-refractivity contribution in [2.24, 2.45) is 5.10 Å². The van der Waals surface area contributed by atoms with Gasteiger partial charge < -0.3 is 4.74 Å². The number of anilines is 1. The molecule has 0 heterocycles.